The standard InChI is InChI=1S/C25H32FN3O4S/c1-19(30)25(31)28-15-13-27(14-16-28)22-11-10-21(23(26)17-22)18-29-12-6-5-9-24(34(29,32)33)20-7-3-2-4-8-20/h2-4,7-8,10-11,17,19,24,30H,5-6,9,12-16,18H2,1H3/t19-,24?/m1/s1. The molecular weight excluding hydrogens is 457 g/mol. The van der Waals surface area contributed by atoms with Crippen LogP contribution in [0.25, 0.3) is 0 Å². The summed E-state index contributed by atoms with van der Waals surface area (Å²) in [4.78, 5) is 15.6. The topological polar surface area (TPSA) is 81.2 Å². The number of hydrogen-bond acceptors (Lipinski definition) is 5. The Labute approximate surface area is 200 Å². The lowest BCUT2D eigenvalue weighted by Gasteiger charge is -2.36. The third kappa shape index (κ3) is 5.26. The number of anilines is 1. The van der Waals surface area contributed by atoms with Crippen LogP contribution < -0.4 is 4.90 Å². The summed E-state index contributed by atoms with van der Waals surface area (Å²) in [6.45, 7) is 3.84. The fraction of sp³-hybridized carbons (Fsp3) is 0.480. The SMILES string of the molecule is C[C@@H](O)C(=O)N1CCN(c2ccc(CN3CCCCC(c4ccccc4)S3(=O)=O)c(F)c2)CC1. The van der Waals surface area contributed by atoms with Crippen molar-refractivity contribution in [3.8, 4) is 0 Å². The third-order valence-corrected chi connectivity index (χ3v) is 8.97. The maximum atomic E-state index is 15.1. The second-order valence-electron chi connectivity index (χ2n) is 9.04. The van der Waals surface area contributed by atoms with Gasteiger partial charge in [-0.25, -0.2) is 12.8 Å². The van der Waals surface area contributed by atoms with E-state index in [2.05, 4.69) is 0 Å². The van der Waals surface area contributed by atoms with E-state index in [1.807, 2.05) is 41.3 Å². The normalized spacial score (nSPS) is 22.3. The number of rotatable bonds is 5. The Balaban J connectivity index is 1.47. The number of carbonyl (C=O) groups is 1. The Bertz CT molecular complexity index is 1100. The molecule has 0 spiro atoms. The number of nitrogens with zero attached hydrogens (tertiary/aromatic N) is 3. The molecule has 1 amide bonds. The first kappa shape index (κ1) is 24.6. The summed E-state index contributed by atoms with van der Waals surface area (Å²) >= 11 is 0. The first-order valence-corrected chi connectivity index (χ1v) is 13.3. The first-order chi connectivity index (χ1) is 16.3. The molecule has 0 aliphatic carbocycles. The predicted molar refractivity (Wildman–Crippen MR) is 129 cm³/mol. The van der Waals surface area contributed by atoms with Gasteiger partial charge in [-0.2, -0.15) is 4.31 Å². The van der Waals surface area contributed by atoms with E-state index in [1.54, 1.807) is 11.0 Å². The van der Waals surface area contributed by atoms with Crippen LogP contribution in [0.1, 0.15) is 42.6 Å². The van der Waals surface area contributed by atoms with Crippen LogP contribution in [0, 0.1) is 5.82 Å². The zero-order valence-electron chi connectivity index (χ0n) is 19.4. The Kier molecular flexibility index (Phi) is 7.54. The lowest BCUT2D eigenvalue weighted by Crippen LogP contribution is -2.51. The number of piperazine rings is 1. The molecule has 34 heavy (non-hydrogen) atoms. The highest BCUT2D eigenvalue weighted by Gasteiger charge is 2.35. The van der Waals surface area contributed by atoms with E-state index < -0.39 is 27.2 Å². The Morgan fingerprint density at radius 2 is 1.76 bits per heavy atom. The second-order valence-corrected chi connectivity index (χ2v) is 11.2. The van der Waals surface area contributed by atoms with Crippen molar-refractivity contribution in [2.75, 3.05) is 37.6 Å². The molecule has 0 saturated carbocycles. The highest BCUT2D eigenvalue weighted by Crippen LogP contribution is 2.35. The molecular formula is C25H32FN3O4S. The van der Waals surface area contributed by atoms with Crippen LogP contribution in [0.15, 0.2) is 48.5 Å². The molecule has 0 radical (unpaired) electrons. The molecule has 2 aromatic rings. The minimum atomic E-state index is -3.62. The molecule has 184 valence electrons. The van der Waals surface area contributed by atoms with Gasteiger partial charge in [0.1, 0.15) is 17.2 Å². The molecule has 0 bridgehead atoms. The molecule has 2 heterocycles. The Morgan fingerprint density at radius 3 is 2.41 bits per heavy atom. The molecule has 2 fully saturated rings. The first-order valence-electron chi connectivity index (χ1n) is 11.8. The predicted octanol–water partition coefficient (Wildman–Crippen LogP) is 2.91. The van der Waals surface area contributed by atoms with Crippen LogP contribution in [0.4, 0.5) is 10.1 Å². The van der Waals surface area contributed by atoms with Gasteiger partial charge in [0.05, 0.1) is 0 Å². The number of hydrogen-bond donors (Lipinski definition) is 1. The van der Waals surface area contributed by atoms with Crippen molar-refractivity contribution < 1.29 is 22.7 Å². The van der Waals surface area contributed by atoms with Crippen LogP contribution in [-0.4, -0.2) is 67.5 Å². The average Bonchev–Trinajstić information content (AvgIpc) is 2.98. The quantitative estimate of drug-likeness (QED) is 0.699. The number of amides is 1. The molecule has 4 rings (SSSR count). The van der Waals surface area contributed by atoms with Crippen molar-refractivity contribution in [2.24, 2.45) is 0 Å². The van der Waals surface area contributed by atoms with Gasteiger partial charge in [0.25, 0.3) is 5.91 Å². The van der Waals surface area contributed by atoms with Gasteiger partial charge in [-0.1, -0.05) is 42.8 Å². The molecule has 2 saturated heterocycles. The van der Waals surface area contributed by atoms with Gasteiger partial charge < -0.3 is 14.9 Å². The highest BCUT2D eigenvalue weighted by molar-refractivity contribution is 7.89. The Morgan fingerprint density at radius 1 is 1.06 bits per heavy atom. The number of aliphatic hydroxyl groups excluding tert-OH is 1. The number of aliphatic hydroxyl groups is 1. The molecule has 0 aromatic heterocycles. The maximum absolute atomic E-state index is 15.1. The minimum absolute atomic E-state index is 0.00838. The van der Waals surface area contributed by atoms with Gasteiger partial charge in [-0.05, 0) is 37.5 Å². The Hall–Kier alpha value is -2.49. The summed E-state index contributed by atoms with van der Waals surface area (Å²) in [5.41, 5.74) is 1.83. The highest BCUT2D eigenvalue weighted by atomic mass is 32.2. The maximum Gasteiger partial charge on any atom is 0.251 e. The molecule has 1 N–H and O–H groups in total. The number of sulfonamides is 1. The van der Waals surface area contributed by atoms with E-state index in [4.69, 9.17) is 0 Å². The van der Waals surface area contributed by atoms with Crippen LogP contribution in [0.5, 0.6) is 0 Å². The number of benzene rings is 2. The van der Waals surface area contributed by atoms with Crippen LogP contribution in [0.3, 0.4) is 0 Å². The third-order valence-electron chi connectivity index (χ3n) is 6.71. The molecule has 7 nitrogen and oxygen atoms in total. The van der Waals surface area contributed by atoms with Crippen molar-refractivity contribution in [1.29, 1.82) is 0 Å². The molecule has 2 aliphatic rings. The van der Waals surface area contributed by atoms with Crippen molar-refractivity contribution in [3.63, 3.8) is 0 Å². The van der Waals surface area contributed by atoms with Crippen molar-refractivity contribution in [1.82, 2.24) is 9.21 Å². The second kappa shape index (κ2) is 10.4. The van der Waals surface area contributed by atoms with Crippen LogP contribution in [-0.2, 0) is 21.4 Å². The summed E-state index contributed by atoms with van der Waals surface area (Å²) in [5.74, 6) is -0.732. The van der Waals surface area contributed by atoms with Gasteiger partial charge in [0.2, 0.25) is 10.0 Å². The lowest BCUT2D eigenvalue weighted by atomic mass is 10.1. The molecule has 9 heteroatoms. The lowest BCUT2D eigenvalue weighted by molar-refractivity contribution is -0.139. The van der Waals surface area contributed by atoms with E-state index in [9.17, 15) is 18.3 Å². The molecule has 2 aromatic carbocycles. The van der Waals surface area contributed by atoms with E-state index in [0.29, 0.717) is 50.4 Å². The summed E-state index contributed by atoms with van der Waals surface area (Å²) < 4.78 is 43.4. The fourth-order valence-electron chi connectivity index (χ4n) is 4.75. The largest absolute Gasteiger partial charge is 0.384 e. The van der Waals surface area contributed by atoms with E-state index in [0.717, 1.165) is 18.4 Å². The fourth-order valence-corrected chi connectivity index (χ4v) is 6.78. The molecule has 2 aliphatic heterocycles. The number of halogens is 1. The van der Waals surface area contributed by atoms with E-state index >= 15 is 4.39 Å². The van der Waals surface area contributed by atoms with E-state index in [-0.39, 0.29) is 12.5 Å². The van der Waals surface area contributed by atoms with Crippen LogP contribution >= 0.6 is 0 Å². The smallest absolute Gasteiger partial charge is 0.251 e. The zero-order chi connectivity index (χ0) is 24.3. The molecule has 1 unspecified atom stereocenters. The van der Waals surface area contributed by atoms with Crippen molar-refractivity contribution >= 4 is 21.6 Å². The van der Waals surface area contributed by atoms with Gasteiger partial charge in [-0.3, -0.25) is 4.79 Å². The number of carbonyl (C=O) groups excluding carboxylic acids is 1. The van der Waals surface area contributed by atoms with Gasteiger partial charge in [0, 0.05) is 50.5 Å². The van der Waals surface area contributed by atoms with E-state index in [1.165, 1.54) is 17.3 Å². The average molecular weight is 490 g/mol. The monoisotopic (exact) mass is 489 g/mol. The van der Waals surface area contributed by atoms with Crippen LogP contribution in [0.2, 0.25) is 0 Å². The van der Waals surface area contributed by atoms with Crippen molar-refractivity contribution in [2.45, 2.75) is 44.1 Å². The zero-order valence-corrected chi connectivity index (χ0v) is 20.3. The summed E-state index contributed by atoms with van der Waals surface area (Å²) in [7, 11) is -3.62. The van der Waals surface area contributed by atoms with Gasteiger partial charge in [-0.15, -0.1) is 0 Å². The summed E-state index contributed by atoms with van der Waals surface area (Å²) in [6.07, 6.45) is 1.09. The minimum Gasteiger partial charge on any atom is -0.384 e. The molecule has 2 atom stereocenters. The summed E-state index contributed by atoms with van der Waals surface area (Å²) in [6, 6.07) is 14.2. The van der Waals surface area contributed by atoms with Crippen molar-refractivity contribution in [3.05, 3.63) is 65.5 Å². The van der Waals surface area contributed by atoms with Gasteiger partial charge >= 0.3 is 0 Å². The summed E-state index contributed by atoms with van der Waals surface area (Å²) in [5, 5.41) is 8.88. The van der Waals surface area contributed by atoms with Gasteiger partial charge in [0.15, 0.2) is 0 Å².